The minimum Gasteiger partial charge on any atom is -0.459 e. The summed E-state index contributed by atoms with van der Waals surface area (Å²) in [5, 5.41) is 0. The van der Waals surface area contributed by atoms with Gasteiger partial charge in [-0.05, 0) is 36.8 Å². The van der Waals surface area contributed by atoms with Crippen molar-refractivity contribution in [3.8, 4) is 0 Å². The molecule has 1 aromatic heterocycles. The van der Waals surface area contributed by atoms with Gasteiger partial charge in [-0.1, -0.05) is 0 Å². The number of furan rings is 1. The largest absolute Gasteiger partial charge is 0.459 e. The second-order valence-corrected chi connectivity index (χ2v) is 4.45. The van der Waals surface area contributed by atoms with E-state index in [-0.39, 0.29) is 5.91 Å². The summed E-state index contributed by atoms with van der Waals surface area (Å²) in [6.07, 6.45) is 5.33. The molecule has 2 fully saturated rings. The van der Waals surface area contributed by atoms with Gasteiger partial charge in [0, 0.05) is 13.1 Å². The van der Waals surface area contributed by atoms with Crippen LogP contribution in [-0.2, 0) is 0 Å². The normalized spacial score (nSPS) is 23.0. The standard InChI is InChI=1S/C11H13NO2/c13-10(9-2-1-7-14-9)12-6-5-11(8-12)3-4-11/h1-2,7H,3-6,8H2. The van der Waals surface area contributed by atoms with Crippen LogP contribution >= 0.6 is 0 Å². The van der Waals surface area contributed by atoms with Crippen molar-refractivity contribution < 1.29 is 9.21 Å². The highest BCUT2D eigenvalue weighted by molar-refractivity contribution is 5.91. The Hall–Kier alpha value is -1.25. The molecule has 1 saturated heterocycles. The van der Waals surface area contributed by atoms with Crippen molar-refractivity contribution in [1.82, 2.24) is 4.90 Å². The Kier molecular flexibility index (Phi) is 1.52. The van der Waals surface area contributed by atoms with E-state index in [4.69, 9.17) is 4.42 Å². The van der Waals surface area contributed by atoms with Gasteiger partial charge in [-0.3, -0.25) is 4.79 Å². The lowest BCUT2D eigenvalue weighted by atomic mass is 10.1. The average Bonchev–Trinajstić information content (AvgIpc) is 2.68. The fraction of sp³-hybridized carbons (Fsp3) is 0.545. The highest BCUT2D eigenvalue weighted by Gasteiger charge is 2.49. The van der Waals surface area contributed by atoms with Crippen molar-refractivity contribution in [2.45, 2.75) is 19.3 Å². The van der Waals surface area contributed by atoms with Gasteiger partial charge in [0.05, 0.1) is 6.26 Å². The Bertz CT molecular complexity index is 351. The van der Waals surface area contributed by atoms with E-state index in [1.54, 1.807) is 18.4 Å². The van der Waals surface area contributed by atoms with Gasteiger partial charge in [0.1, 0.15) is 0 Å². The number of amides is 1. The molecule has 0 N–H and O–H groups in total. The molecular formula is C11H13NO2. The van der Waals surface area contributed by atoms with Crippen LogP contribution in [0.3, 0.4) is 0 Å². The fourth-order valence-corrected chi connectivity index (χ4v) is 2.25. The number of likely N-dealkylation sites (tertiary alicyclic amines) is 1. The van der Waals surface area contributed by atoms with E-state index >= 15 is 0 Å². The summed E-state index contributed by atoms with van der Waals surface area (Å²) >= 11 is 0. The predicted molar refractivity (Wildman–Crippen MR) is 50.9 cm³/mol. The number of hydrogen-bond acceptors (Lipinski definition) is 2. The van der Waals surface area contributed by atoms with Gasteiger partial charge < -0.3 is 9.32 Å². The lowest BCUT2D eigenvalue weighted by molar-refractivity contribution is 0.0753. The van der Waals surface area contributed by atoms with Crippen LogP contribution in [0.15, 0.2) is 22.8 Å². The van der Waals surface area contributed by atoms with Crippen molar-refractivity contribution in [1.29, 1.82) is 0 Å². The Morgan fingerprint density at radius 1 is 1.43 bits per heavy atom. The van der Waals surface area contributed by atoms with E-state index in [2.05, 4.69) is 0 Å². The Labute approximate surface area is 82.7 Å². The molecule has 74 valence electrons. The number of hydrogen-bond donors (Lipinski definition) is 0. The lowest BCUT2D eigenvalue weighted by Crippen LogP contribution is -2.28. The molecule has 0 bridgehead atoms. The van der Waals surface area contributed by atoms with Crippen LogP contribution in [0.25, 0.3) is 0 Å². The van der Waals surface area contributed by atoms with Gasteiger partial charge in [0.2, 0.25) is 0 Å². The summed E-state index contributed by atoms with van der Waals surface area (Å²) in [4.78, 5) is 13.8. The summed E-state index contributed by atoms with van der Waals surface area (Å²) in [6, 6.07) is 3.50. The maximum Gasteiger partial charge on any atom is 0.289 e. The number of rotatable bonds is 1. The van der Waals surface area contributed by atoms with Crippen LogP contribution in [-0.4, -0.2) is 23.9 Å². The van der Waals surface area contributed by atoms with Gasteiger partial charge in [-0.2, -0.15) is 0 Å². The first-order chi connectivity index (χ1) is 6.79. The Balaban J connectivity index is 1.75. The number of carbonyl (C=O) groups is 1. The molecule has 1 aromatic rings. The van der Waals surface area contributed by atoms with Crippen molar-refractivity contribution >= 4 is 5.91 Å². The Morgan fingerprint density at radius 3 is 2.86 bits per heavy atom. The molecule has 3 rings (SSSR count). The van der Waals surface area contributed by atoms with E-state index in [9.17, 15) is 4.79 Å². The first kappa shape index (κ1) is 8.09. The Morgan fingerprint density at radius 2 is 2.29 bits per heavy atom. The van der Waals surface area contributed by atoms with Crippen molar-refractivity contribution in [2.75, 3.05) is 13.1 Å². The van der Waals surface area contributed by atoms with Gasteiger partial charge in [0.25, 0.3) is 5.91 Å². The summed E-state index contributed by atoms with van der Waals surface area (Å²) in [6.45, 7) is 1.84. The van der Waals surface area contributed by atoms with Gasteiger partial charge in [-0.15, -0.1) is 0 Å². The summed E-state index contributed by atoms with van der Waals surface area (Å²) in [5.41, 5.74) is 0.502. The van der Waals surface area contributed by atoms with Crippen LogP contribution in [0, 0.1) is 5.41 Å². The van der Waals surface area contributed by atoms with E-state index in [0.717, 1.165) is 13.1 Å². The molecule has 1 aliphatic heterocycles. The molecule has 2 heterocycles. The third-order valence-electron chi connectivity index (χ3n) is 3.41. The van der Waals surface area contributed by atoms with Crippen molar-refractivity contribution in [3.63, 3.8) is 0 Å². The maximum atomic E-state index is 11.9. The van der Waals surface area contributed by atoms with Gasteiger partial charge >= 0.3 is 0 Å². The van der Waals surface area contributed by atoms with Crippen LogP contribution in [0.4, 0.5) is 0 Å². The minimum absolute atomic E-state index is 0.0544. The average molecular weight is 191 g/mol. The van der Waals surface area contributed by atoms with Crippen molar-refractivity contribution in [3.05, 3.63) is 24.2 Å². The fourth-order valence-electron chi connectivity index (χ4n) is 2.25. The highest BCUT2D eigenvalue weighted by Crippen LogP contribution is 2.52. The molecule has 1 saturated carbocycles. The second-order valence-electron chi connectivity index (χ2n) is 4.45. The summed E-state index contributed by atoms with van der Waals surface area (Å²) in [5.74, 6) is 0.529. The summed E-state index contributed by atoms with van der Waals surface area (Å²) < 4.78 is 5.11. The maximum absolute atomic E-state index is 11.9. The molecule has 0 aromatic carbocycles. The molecule has 3 heteroatoms. The van der Waals surface area contributed by atoms with Crippen LogP contribution in [0.5, 0.6) is 0 Å². The molecule has 1 aliphatic carbocycles. The van der Waals surface area contributed by atoms with E-state index < -0.39 is 0 Å². The molecule has 1 amide bonds. The monoisotopic (exact) mass is 191 g/mol. The molecule has 0 radical (unpaired) electrons. The second kappa shape index (κ2) is 2.62. The first-order valence-corrected chi connectivity index (χ1v) is 5.12. The topological polar surface area (TPSA) is 33.5 Å². The third-order valence-corrected chi connectivity index (χ3v) is 3.41. The zero-order valence-electron chi connectivity index (χ0n) is 8.03. The van der Waals surface area contributed by atoms with Crippen LogP contribution in [0.2, 0.25) is 0 Å². The molecule has 0 unspecified atom stereocenters. The summed E-state index contributed by atoms with van der Waals surface area (Å²) in [7, 11) is 0. The lowest BCUT2D eigenvalue weighted by Gasteiger charge is -2.14. The molecule has 1 spiro atoms. The highest BCUT2D eigenvalue weighted by atomic mass is 16.3. The van der Waals surface area contributed by atoms with Crippen molar-refractivity contribution in [2.24, 2.45) is 5.41 Å². The molecule has 14 heavy (non-hydrogen) atoms. The van der Waals surface area contributed by atoms with Gasteiger partial charge in [0.15, 0.2) is 5.76 Å². The van der Waals surface area contributed by atoms with E-state index in [0.29, 0.717) is 11.2 Å². The van der Waals surface area contributed by atoms with Gasteiger partial charge in [-0.25, -0.2) is 0 Å². The smallest absolute Gasteiger partial charge is 0.289 e. The van der Waals surface area contributed by atoms with Crippen LogP contribution < -0.4 is 0 Å². The minimum atomic E-state index is 0.0544. The molecule has 3 nitrogen and oxygen atoms in total. The predicted octanol–water partition coefficient (Wildman–Crippen LogP) is 1.91. The molecule has 0 atom stereocenters. The van der Waals surface area contributed by atoms with E-state index in [1.165, 1.54) is 19.3 Å². The number of carbonyl (C=O) groups excluding carboxylic acids is 1. The third kappa shape index (κ3) is 1.15. The molecule has 2 aliphatic rings. The quantitative estimate of drug-likeness (QED) is 0.679. The SMILES string of the molecule is O=C(c1ccco1)N1CCC2(CC2)C1. The van der Waals surface area contributed by atoms with Crippen LogP contribution in [0.1, 0.15) is 29.8 Å². The zero-order chi connectivity index (χ0) is 9.60. The first-order valence-electron chi connectivity index (χ1n) is 5.12. The zero-order valence-corrected chi connectivity index (χ0v) is 8.03. The molecular weight excluding hydrogens is 178 g/mol. The number of nitrogens with zero attached hydrogens (tertiary/aromatic N) is 1. The van der Waals surface area contributed by atoms with E-state index in [1.807, 2.05) is 4.90 Å².